The molecular formula is C15H31N3O3. The van der Waals surface area contributed by atoms with E-state index in [9.17, 15) is 4.79 Å². The molecule has 1 aliphatic heterocycles. The normalized spacial score (nSPS) is 17.2. The van der Waals surface area contributed by atoms with Gasteiger partial charge >= 0.3 is 0 Å². The van der Waals surface area contributed by atoms with Crippen molar-refractivity contribution in [2.45, 2.75) is 26.8 Å². The van der Waals surface area contributed by atoms with Gasteiger partial charge < -0.3 is 19.7 Å². The minimum atomic E-state index is -0.121. The maximum absolute atomic E-state index is 12.6. The molecule has 1 amide bonds. The number of piperazine rings is 1. The minimum Gasteiger partial charge on any atom is -0.380 e. The Morgan fingerprint density at radius 3 is 2.14 bits per heavy atom. The van der Waals surface area contributed by atoms with Gasteiger partial charge in [-0.3, -0.25) is 9.69 Å². The molecule has 0 radical (unpaired) electrons. The van der Waals surface area contributed by atoms with E-state index >= 15 is 0 Å². The van der Waals surface area contributed by atoms with Crippen LogP contribution in [0.5, 0.6) is 0 Å². The number of amides is 1. The van der Waals surface area contributed by atoms with Crippen LogP contribution in [0.4, 0.5) is 0 Å². The van der Waals surface area contributed by atoms with Crippen molar-refractivity contribution >= 4 is 5.91 Å². The Morgan fingerprint density at radius 1 is 1.14 bits per heavy atom. The van der Waals surface area contributed by atoms with Crippen LogP contribution in [0.15, 0.2) is 0 Å². The molecule has 1 heterocycles. The highest BCUT2D eigenvalue weighted by Crippen LogP contribution is 2.06. The zero-order valence-corrected chi connectivity index (χ0v) is 13.8. The van der Waals surface area contributed by atoms with Gasteiger partial charge in [0, 0.05) is 52.5 Å². The van der Waals surface area contributed by atoms with E-state index in [0.717, 1.165) is 39.3 Å². The van der Waals surface area contributed by atoms with Gasteiger partial charge in [0.25, 0.3) is 0 Å². The summed E-state index contributed by atoms with van der Waals surface area (Å²) in [5, 5.41) is 3.27. The molecule has 0 spiro atoms. The van der Waals surface area contributed by atoms with Crippen molar-refractivity contribution in [3.63, 3.8) is 0 Å². The van der Waals surface area contributed by atoms with Gasteiger partial charge in [-0.25, -0.2) is 0 Å². The first-order valence-corrected chi connectivity index (χ1v) is 8.09. The molecule has 1 unspecified atom stereocenters. The molecule has 0 aliphatic carbocycles. The van der Waals surface area contributed by atoms with Crippen LogP contribution >= 0.6 is 0 Å². The molecule has 1 rings (SSSR count). The first-order chi connectivity index (χ1) is 10.2. The highest BCUT2D eigenvalue weighted by Gasteiger charge is 2.26. The van der Waals surface area contributed by atoms with Crippen LogP contribution in [0.1, 0.15) is 20.8 Å². The van der Waals surface area contributed by atoms with Gasteiger partial charge in [-0.1, -0.05) is 0 Å². The monoisotopic (exact) mass is 301 g/mol. The quantitative estimate of drug-likeness (QED) is 0.584. The summed E-state index contributed by atoms with van der Waals surface area (Å²) in [7, 11) is 0. The Hall–Kier alpha value is -0.690. The highest BCUT2D eigenvalue weighted by atomic mass is 16.5. The summed E-state index contributed by atoms with van der Waals surface area (Å²) in [6, 6.07) is -0.121. The first kappa shape index (κ1) is 18.4. The van der Waals surface area contributed by atoms with Crippen LogP contribution in [0.2, 0.25) is 0 Å². The van der Waals surface area contributed by atoms with Gasteiger partial charge in [-0.05, 0) is 20.8 Å². The lowest BCUT2D eigenvalue weighted by atomic mass is 10.2. The molecule has 1 aliphatic rings. The highest BCUT2D eigenvalue weighted by molar-refractivity contribution is 5.81. The average Bonchev–Trinajstić information content (AvgIpc) is 2.53. The number of nitrogens with one attached hydrogen (secondary N) is 1. The van der Waals surface area contributed by atoms with E-state index in [0.29, 0.717) is 26.4 Å². The zero-order chi connectivity index (χ0) is 15.5. The molecule has 0 aromatic carbocycles. The number of ether oxygens (including phenoxy) is 2. The third kappa shape index (κ3) is 6.74. The average molecular weight is 301 g/mol. The van der Waals surface area contributed by atoms with Crippen LogP contribution in [0, 0.1) is 0 Å². The molecule has 0 bridgehead atoms. The number of hydrogen-bond donors (Lipinski definition) is 1. The van der Waals surface area contributed by atoms with E-state index in [2.05, 4.69) is 10.2 Å². The molecule has 0 saturated carbocycles. The number of nitrogens with zero attached hydrogens (tertiary/aromatic N) is 2. The van der Waals surface area contributed by atoms with Crippen molar-refractivity contribution in [3.8, 4) is 0 Å². The Labute approximate surface area is 128 Å². The van der Waals surface area contributed by atoms with E-state index < -0.39 is 0 Å². The molecule has 1 atom stereocenters. The van der Waals surface area contributed by atoms with E-state index in [1.54, 1.807) is 0 Å². The van der Waals surface area contributed by atoms with Gasteiger partial charge in [-0.2, -0.15) is 0 Å². The van der Waals surface area contributed by atoms with E-state index in [-0.39, 0.29) is 11.9 Å². The summed E-state index contributed by atoms with van der Waals surface area (Å²) in [6.07, 6.45) is 0. The van der Waals surface area contributed by atoms with Gasteiger partial charge in [0.2, 0.25) is 5.91 Å². The van der Waals surface area contributed by atoms with Gasteiger partial charge in [0.15, 0.2) is 0 Å². The summed E-state index contributed by atoms with van der Waals surface area (Å²) in [4.78, 5) is 16.7. The SMILES string of the molecule is CCOCCN(CCOCC)C(C)C(=O)N1CCNCC1. The molecule has 1 fully saturated rings. The largest absolute Gasteiger partial charge is 0.380 e. The van der Waals surface area contributed by atoms with E-state index in [1.807, 2.05) is 25.7 Å². The second-order valence-electron chi connectivity index (χ2n) is 5.18. The van der Waals surface area contributed by atoms with Crippen molar-refractivity contribution in [1.82, 2.24) is 15.1 Å². The summed E-state index contributed by atoms with van der Waals surface area (Å²) >= 11 is 0. The van der Waals surface area contributed by atoms with Crippen LogP contribution in [0.25, 0.3) is 0 Å². The van der Waals surface area contributed by atoms with Crippen LogP contribution in [-0.2, 0) is 14.3 Å². The third-order valence-corrected chi connectivity index (χ3v) is 3.79. The fourth-order valence-electron chi connectivity index (χ4n) is 2.46. The van der Waals surface area contributed by atoms with Crippen LogP contribution in [0.3, 0.4) is 0 Å². The molecule has 21 heavy (non-hydrogen) atoms. The standard InChI is InChI=1S/C15H31N3O3/c1-4-20-12-10-17(11-13-21-5-2)14(3)15(19)18-8-6-16-7-9-18/h14,16H,4-13H2,1-3H3. The van der Waals surface area contributed by atoms with Gasteiger partial charge in [0.1, 0.15) is 0 Å². The Kier molecular flexibility index (Phi) is 9.58. The van der Waals surface area contributed by atoms with Crippen LogP contribution < -0.4 is 5.32 Å². The smallest absolute Gasteiger partial charge is 0.239 e. The van der Waals surface area contributed by atoms with Crippen molar-refractivity contribution in [3.05, 3.63) is 0 Å². The fraction of sp³-hybridized carbons (Fsp3) is 0.933. The molecule has 0 aromatic rings. The molecule has 1 N–H and O–H groups in total. The van der Waals surface area contributed by atoms with Gasteiger partial charge in [0.05, 0.1) is 19.3 Å². The van der Waals surface area contributed by atoms with Crippen LogP contribution in [-0.4, -0.2) is 87.4 Å². The molecule has 1 saturated heterocycles. The topological polar surface area (TPSA) is 54.0 Å². The maximum Gasteiger partial charge on any atom is 0.239 e. The molecule has 6 nitrogen and oxygen atoms in total. The minimum absolute atomic E-state index is 0.121. The predicted molar refractivity (Wildman–Crippen MR) is 83.5 cm³/mol. The molecular weight excluding hydrogens is 270 g/mol. The number of rotatable bonds is 10. The van der Waals surface area contributed by atoms with Crippen molar-refractivity contribution in [2.75, 3.05) is 65.7 Å². The number of carbonyl (C=O) groups excluding carboxylic acids is 1. The number of carbonyl (C=O) groups is 1. The maximum atomic E-state index is 12.6. The molecule has 6 heteroatoms. The first-order valence-electron chi connectivity index (χ1n) is 8.09. The van der Waals surface area contributed by atoms with E-state index in [4.69, 9.17) is 9.47 Å². The second-order valence-corrected chi connectivity index (χ2v) is 5.18. The zero-order valence-electron chi connectivity index (χ0n) is 13.8. The summed E-state index contributed by atoms with van der Waals surface area (Å²) in [5.41, 5.74) is 0. The predicted octanol–water partition coefficient (Wildman–Crippen LogP) is 0.182. The van der Waals surface area contributed by atoms with E-state index in [1.165, 1.54) is 0 Å². The number of hydrogen-bond acceptors (Lipinski definition) is 5. The summed E-state index contributed by atoms with van der Waals surface area (Å²) < 4.78 is 10.9. The Balaban J connectivity index is 2.49. The van der Waals surface area contributed by atoms with Crippen molar-refractivity contribution < 1.29 is 14.3 Å². The third-order valence-electron chi connectivity index (χ3n) is 3.79. The lowest BCUT2D eigenvalue weighted by molar-refractivity contribution is -0.137. The van der Waals surface area contributed by atoms with Crippen molar-refractivity contribution in [2.24, 2.45) is 0 Å². The Bertz CT molecular complexity index is 273. The molecule has 0 aromatic heterocycles. The second kappa shape index (κ2) is 11.0. The lowest BCUT2D eigenvalue weighted by Gasteiger charge is -2.34. The molecule has 124 valence electrons. The van der Waals surface area contributed by atoms with Gasteiger partial charge in [-0.15, -0.1) is 0 Å². The van der Waals surface area contributed by atoms with Crippen molar-refractivity contribution in [1.29, 1.82) is 0 Å². The fourth-order valence-corrected chi connectivity index (χ4v) is 2.46. The summed E-state index contributed by atoms with van der Waals surface area (Å²) in [6.45, 7) is 13.6. The Morgan fingerprint density at radius 2 is 1.67 bits per heavy atom. The summed E-state index contributed by atoms with van der Waals surface area (Å²) in [5.74, 6) is 0.212. The lowest BCUT2D eigenvalue weighted by Crippen LogP contribution is -2.54.